The Morgan fingerprint density at radius 2 is 0.857 bits per heavy atom. The fourth-order valence-corrected chi connectivity index (χ4v) is 7.83. The summed E-state index contributed by atoms with van der Waals surface area (Å²) in [5.74, 6) is -0.953. The lowest BCUT2D eigenvalue weighted by atomic mass is 10.0. The molecule has 0 aromatic carbocycles. The number of hydrogen-bond acceptors (Lipinski definition) is 9. The van der Waals surface area contributed by atoms with Gasteiger partial charge in [-0.15, -0.1) is 0 Å². The molecule has 368 valence electrons. The first-order valence-electron chi connectivity index (χ1n) is 25.6. The lowest BCUT2D eigenvalue weighted by molar-refractivity contribution is -0.161. The Morgan fingerprint density at radius 1 is 0.476 bits per heavy atom. The molecule has 63 heavy (non-hydrogen) atoms. The second-order valence-electron chi connectivity index (χ2n) is 17.2. The molecule has 0 spiro atoms. The molecule has 3 N–H and O–H groups in total. The number of aliphatic hydroxyl groups is 2. The van der Waals surface area contributed by atoms with Crippen molar-refractivity contribution in [2.24, 2.45) is 0 Å². The van der Waals surface area contributed by atoms with E-state index in [0.717, 1.165) is 64.2 Å². The van der Waals surface area contributed by atoms with Gasteiger partial charge in [-0.25, -0.2) is 4.57 Å². The molecule has 0 aliphatic rings. The number of phosphoric acid groups is 1. The number of hydrogen-bond donors (Lipinski definition) is 3. The van der Waals surface area contributed by atoms with Crippen molar-refractivity contribution in [1.29, 1.82) is 0 Å². The van der Waals surface area contributed by atoms with Gasteiger partial charge in [-0.2, -0.15) is 0 Å². The van der Waals surface area contributed by atoms with E-state index in [9.17, 15) is 24.2 Å². The SMILES string of the molecule is CCC/C=C/C/C=C/C/C=C/C/C=C/CCCCCC(=O)O[C@@H](COC(=O)CCCCCCCCCCCCCCCCCCCCCCCCC)COP(=O)(O)OC[C@H](O)CO. The Kier molecular flexibility index (Phi) is 46.3. The quantitative estimate of drug-likeness (QED) is 0.0233. The summed E-state index contributed by atoms with van der Waals surface area (Å²) in [7, 11) is -4.63. The zero-order valence-corrected chi connectivity index (χ0v) is 41.2. The van der Waals surface area contributed by atoms with E-state index in [1.165, 1.54) is 128 Å². The molecule has 0 saturated carbocycles. The minimum absolute atomic E-state index is 0.147. The Hall–Kier alpha value is -2.07. The Morgan fingerprint density at radius 3 is 1.30 bits per heavy atom. The first-order valence-corrected chi connectivity index (χ1v) is 27.1. The molecule has 1 unspecified atom stereocenters. The van der Waals surface area contributed by atoms with E-state index in [4.69, 9.17) is 23.6 Å². The zero-order chi connectivity index (χ0) is 46.2. The monoisotopic (exact) mass is 911 g/mol. The first kappa shape index (κ1) is 60.9. The van der Waals surface area contributed by atoms with E-state index in [1.54, 1.807) is 0 Å². The van der Waals surface area contributed by atoms with Crippen LogP contribution in [-0.4, -0.2) is 65.7 Å². The van der Waals surface area contributed by atoms with Gasteiger partial charge in [0, 0.05) is 12.8 Å². The van der Waals surface area contributed by atoms with Crippen molar-refractivity contribution in [3.8, 4) is 0 Å². The number of unbranched alkanes of at least 4 members (excludes halogenated alkanes) is 26. The number of phosphoric ester groups is 1. The molecular weight excluding hydrogens is 816 g/mol. The van der Waals surface area contributed by atoms with Crippen LogP contribution in [0.5, 0.6) is 0 Å². The van der Waals surface area contributed by atoms with Crippen LogP contribution >= 0.6 is 7.82 Å². The van der Waals surface area contributed by atoms with E-state index in [0.29, 0.717) is 12.8 Å². The molecule has 0 radical (unpaired) electrons. The number of carbonyl (C=O) groups is 2. The maximum absolute atomic E-state index is 12.6. The summed E-state index contributed by atoms with van der Waals surface area (Å²) in [4.78, 5) is 35.1. The number of aliphatic hydroxyl groups excluding tert-OH is 2. The summed E-state index contributed by atoms with van der Waals surface area (Å²) in [6.45, 7) is 2.31. The molecule has 0 fully saturated rings. The molecule has 0 bridgehead atoms. The number of rotatable bonds is 48. The van der Waals surface area contributed by atoms with E-state index in [1.807, 2.05) is 0 Å². The predicted octanol–water partition coefficient (Wildman–Crippen LogP) is 14.5. The van der Waals surface area contributed by atoms with Crippen LogP contribution < -0.4 is 0 Å². The van der Waals surface area contributed by atoms with Gasteiger partial charge in [-0.3, -0.25) is 18.6 Å². The van der Waals surface area contributed by atoms with E-state index in [2.05, 4.69) is 62.5 Å². The van der Waals surface area contributed by atoms with Crippen LogP contribution in [0.3, 0.4) is 0 Å². The number of esters is 2. The van der Waals surface area contributed by atoms with Crippen molar-refractivity contribution in [3.63, 3.8) is 0 Å². The second-order valence-corrected chi connectivity index (χ2v) is 18.7. The van der Waals surface area contributed by atoms with Crippen molar-refractivity contribution in [1.82, 2.24) is 0 Å². The van der Waals surface area contributed by atoms with Crippen LogP contribution in [0.4, 0.5) is 0 Å². The highest BCUT2D eigenvalue weighted by atomic mass is 31.2. The maximum Gasteiger partial charge on any atom is 0.472 e. The van der Waals surface area contributed by atoms with Gasteiger partial charge in [-0.05, 0) is 51.4 Å². The van der Waals surface area contributed by atoms with Crippen LogP contribution in [-0.2, 0) is 32.7 Å². The lowest BCUT2D eigenvalue weighted by Gasteiger charge is -2.20. The smallest absolute Gasteiger partial charge is 0.462 e. The van der Waals surface area contributed by atoms with Crippen LogP contribution in [0.25, 0.3) is 0 Å². The molecule has 0 aliphatic carbocycles. The van der Waals surface area contributed by atoms with E-state index < -0.39 is 51.8 Å². The maximum atomic E-state index is 12.6. The Balaban J connectivity index is 4.17. The summed E-state index contributed by atoms with van der Waals surface area (Å²) < 4.78 is 32.8. The van der Waals surface area contributed by atoms with Gasteiger partial charge in [0.2, 0.25) is 0 Å². The van der Waals surface area contributed by atoms with E-state index >= 15 is 0 Å². The van der Waals surface area contributed by atoms with E-state index in [-0.39, 0.29) is 19.4 Å². The fraction of sp³-hybridized carbons (Fsp3) is 0.808. The molecule has 0 amide bonds. The molecule has 0 aromatic heterocycles. The Labute approximate surface area is 385 Å². The third kappa shape index (κ3) is 47.7. The van der Waals surface area contributed by atoms with Gasteiger partial charge in [0.15, 0.2) is 6.10 Å². The van der Waals surface area contributed by atoms with Gasteiger partial charge < -0.3 is 24.6 Å². The summed E-state index contributed by atoms with van der Waals surface area (Å²) in [5.41, 5.74) is 0. The highest BCUT2D eigenvalue weighted by Crippen LogP contribution is 2.43. The van der Waals surface area contributed by atoms with Gasteiger partial charge in [-0.1, -0.05) is 217 Å². The average molecular weight is 911 g/mol. The van der Waals surface area contributed by atoms with Gasteiger partial charge in [0.1, 0.15) is 12.7 Å². The number of allylic oxidation sites excluding steroid dienone is 8. The van der Waals surface area contributed by atoms with Crippen molar-refractivity contribution < 1.29 is 47.8 Å². The standard InChI is InChI=1S/C52H95O10P/c1-3-5-7-9-11-13-15-17-19-21-22-23-24-25-26-28-29-31-33-35-37-39-41-43-51(55)59-47-50(48-61-63(57,58)60-46-49(54)45-53)62-52(56)44-42-40-38-36-34-32-30-27-20-18-16-14-12-10-8-6-4-2/h8,10,14,16,20,27,32,34,49-50,53-54H,3-7,9,11-13,15,17-19,21-26,28-31,33,35-48H2,1-2H3,(H,57,58)/b10-8+,16-14+,27-20+,34-32+/t49-,50+/m1/s1. The summed E-state index contributed by atoms with van der Waals surface area (Å²) >= 11 is 0. The van der Waals surface area contributed by atoms with Crippen LogP contribution in [0.1, 0.15) is 232 Å². The topological polar surface area (TPSA) is 149 Å². The van der Waals surface area contributed by atoms with Crippen molar-refractivity contribution >= 4 is 19.8 Å². The highest BCUT2D eigenvalue weighted by Gasteiger charge is 2.27. The molecule has 3 atom stereocenters. The second kappa shape index (κ2) is 47.9. The average Bonchev–Trinajstić information content (AvgIpc) is 3.27. The van der Waals surface area contributed by atoms with Crippen molar-refractivity contribution in [3.05, 3.63) is 48.6 Å². The molecule has 0 aliphatic heterocycles. The highest BCUT2D eigenvalue weighted by molar-refractivity contribution is 7.47. The minimum Gasteiger partial charge on any atom is -0.462 e. The zero-order valence-electron chi connectivity index (χ0n) is 40.3. The van der Waals surface area contributed by atoms with Crippen LogP contribution in [0.15, 0.2) is 48.6 Å². The van der Waals surface area contributed by atoms with Crippen LogP contribution in [0.2, 0.25) is 0 Å². The predicted molar refractivity (Wildman–Crippen MR) is 261 cm³/mol. The van der Waals surface area contributed by atoms with Crippen LogP contribution in [0, 0.1) is 0 Å². The van der Waals surface area contributed by atoms with Crippen molar-refractivity contribution in [2.75, 3.05) is 26.4 Å². The molecule has 11 heteroatoms. The molecule has 0 rings (SSSR count). The Bertz CT molecular complexity index is 1190. The third-order valence-electron chi connectivity index (χ3n) is 11.0. The fourth-order valence-electron chi connectivity index (χ4n) is 7.05. The third-order valence-corrected chi connectivity index (χ3v) is 11.9. The molecule has 0 aromatic rings. The summed E-state index contributed by atoms with van der Waals surface area (Å²) in [5, 5.41) is 18.4. The minimum atomic E-state index is -4.63. The normalized spacial score (nSPS) is 14.0. The summed E-state index contributed by atoms with van der Waals surface area (Å²) in [6.07, 6.45) is 53.7. The number of carbonyl (C=O) groups excluding carboxylic acids is 2. The molecular formula is C52H95O10P. The number of ether oxygens (including phenoxy) is 2. The summed E-state index contributed by atoms with van der Waals surface area (Å²) in [6, 6.07) is 0. The largest absolute Gasteiger partial charge is 0.472 e. The lowest BCUT2D eigenvalue weighted by Crippen LogP contribution is -2.29. The van der Waals surface area contributed by atoms with Gasteiger partial charge in [0.25, 0.3) is 0 Å². The van der Waals surface area contributed by atoms with Gasteiger partial charge in [0.05, 0.1) is 19.8 Å². The molecule has 0 saturated heterocycles. The molecule has 10 nitrogen and oxygen atoms in total. The van der Waals surface area contributed by atoms with Gasteiger partial charge >= 0.3 is 19.8 Å². The first-order chi connectivity index (χ1) is 30.7. The van der Waals surface area contributed by atoms with Crippen molar-refractivity contribution in [2.45, 2.75) is 244 Å². The molecule has 0 heterocycles.